The summed E-state index contributed by atoms with van der Waals surface area (Å²) in [5.41, 5.74) is 0. The van der Waals surface area contributed by atoms with Gasteiger partial charge in [-0.2, -0.15) is 0 Å². The molecule has 0 aromatic heterocycles. The summed E-state index contributed by atoms with van der Waals surface area (Å²) >= 11 is 0. The number of ether oxygens (including phenoxy) is 1. The molecular weight excluding hydrogens is 152 g/mol. The molecule has 12 heavy (non-hydrogen) atoms. The van der Waals surface area contributed by atoms with Gasteiger partial charge in [-0.15, -0.1) is 0 Å². The monoisotopic (exact) mass is 168 g/mol. The third-order valence-corrected chi connectivity index (χ3v) is 2.21. The topological polar surface area (TPSA) is 16.8 Å². The van der Waals surface area contributed by atoms with E-state index in [9.17, 15) is 0 Å². The molecule has 1 aliphatic heterocycles. The van der Waals surface area contributed by atoms with Crippen LogP contribution in [0.15, 0.2) is 0 Å². The zero-order valence-corrected chi connectivity index (χ0v) is 7.79. The second-order valence-electron chi connectivity index (χ2n) is 3.34. The molecule has 0 N–H and O–H groups in total. The van der Waals surface area contributed by atoms with Gasteiger partial charge in [0.05, 0.1) is 19.6 Å². The molecule has 1 saturated heterocycles. The Labute approximate surface area is 74.1 Å². The van der Waals surface area contributed by atoms with Crippen molar-refractivity contribution in [2.75, 3.05) is 19.8 Å². The molecule has 0 spiro atoms. The van der Waals surface area contributed by atoms with Crippen LogP contribution >= 0.6 is 0 Å². The molecule has 0 amide bonds. The van der Waals surface area contributed by atoms with Crippen LogP contribution < -0.4 is 0 Å². The number of rotatable bonds is 1. The second-order valence-corrected chi connectivity index (χ2v) is 3.34. The van der Waals surface area contributed by atoms with Crippen LogP contribution in [-0.4, -0.2) is 36.9 Å². The molecule has 1 unspecified atom stereocenters. The Balaban J connectivity index is 2.59. The van der Waals surface area contributed by atoms with E-state index < -0.39 is 0 Å². The van der Waals surface area contributed by atoms with Crippen molar-refractivity contribution in [2.45, 2.75) is 32.5 Å². The summed E-state index contributed by atoms with van der Waals surface area (Å²) < 4.78 is 5.32. The molecule has 0 aliphatic carbocycles. The SMILES string of the molecule is [C-]#[N+]C1CCOCCN1C(C)C. The number of nitrogens with zero attached hydrogens (tertiary/aromatic N) is 2. The maximum atomic E-state index is 7.05. The van der Waals surface area contributed by atoms with Crippen LogP contribution in [0, 0.1) is 6.57 Å². The van der Waals surface area contributed by atoms with Gasteiger partial charge >= 0.3 is 0 Å². The first-order valence-corrected chi connectivity index (χ1v) is 4.45. The average Bonchev–Trinajstić information content (AvgIpc) is 2.27. The van der Waals surface area contributed by atoms with Crippen LogP contribution in [0.5, 0.6) is 0 Å². The van der Waals surface area contributed by atoms with Gasteiger partial charge < -0.3 is 4.74 Å². The highest BCUT2D eigenvalue weighted by Crippen LogP contribution is 2.13. The zero-order valence-electron chi connectivity index (χ0n) is 7.79. The van der Waals surface area contributed by atoms with E-state index in [-0.39, 0.29) is 6.17 Å². The van der Waals surface area contributed by atoms with E-state index in [0.29, 0.717) is 6.04 Å². The van der Waals surface area contributed by atoms with Gasteiger partial charge in [0, 0.05) is 12.6 Å². The Morgan fingerprint density at radius 3 is 2.83 bits per heavy atom. The fraction of sp³-hybridized carbons (Fsp3) is 0.889. The van der Waals surface area contributed by atoms with E-state index in [1.807, 2.05) is 0 Å². The Hall–Kier alpha value is -0.590. The smallest absolute Gasteiger partial charge is 0.282 e. The van der Waals surface area contributed by atoms with Gasteiger partial charge in [0.2, 0.25) is 0 Å². The van der Waals surface area contributed by atoms with Crippen molar-refractivity contribution in [1.82, 2.24) is 4.90 Å². The molecule has 1 heterocycles. The predicted molar refractivity (Wildman–Crippen MR) is 47.7 cm³/mol. The quantitative estimate of drug-likeness (QED) is 0.550. The van der Waals surface area contributed by atoms with E-state index in [0.717, 1.165) is 26.2 Å². The summed E-state index contributed by atoms with van der Waals surface area (Å²) in [5.74, 6) is 0. The molecule has 1 fully saturated rings. The Morgan fingerprint density at radius 2 is 2.25 bits per heavy atom. The van der Waals surface area contributed by atoms with Gasteiger partial charge in [-0.05, 0) is 13.8 Å². The Bertz CT molecular complexity index is 174. The molecule has 1 rings (SSSR count). The predicted octanol–water partition coefficient (Wildman–Crippen LogP) is 1.36. The molecule has 68 valence electrons. The highest BCUT2D eigenvalue weighted by atomic mass is 16.5. The largest absolute Gasteiger partial charge is 0.380 e. The van der Waals surface area contributed by atoms with E-state index >= 15 is 0 Å². The van der Waals surface area contributed by atoms with Crippen molar-refractivity contribution in [1.29, 1.82) is 0 Å². The van der Waals surface area contributed by atoms with Crippen LogP contribution in [0.4, 0.5) is 0 Å². The summed E-state index contributed by atoms with van der Waals surface area (Å²) in [5, 5.41) is 0. The molecule has 1 atom stereocenters. The molecular formula is C9H16N2O. The maximum Gasteiger partial charge on any atom is 0.282 e. The molecule has 3 nitrogen and oxygen atoms in total. The van der Waals surface area contributed by atoms with E-state index in [1.165, 1.54) is 0 Å². The lowest BCUT2D eigenvalue weighted by molar-refractivity contribution is 0.133. The fourth-order valence-corrected chi connectivity index (χ4v) is 1.52. The first-order valence-electron chi connectivity index (χ1n) is 4.45. The van der Waals surface area contributed by atoms with Crippen LogP contribution in [-0.2, 0) is 4.74 Å². The average molecular weight is 168 g/mol. The summed E-state index contributed by atoms with van der Waals surface area (Å²) in [7, 11) is 0. The number of hydrogen-bond donors (Lipinski definition) is 0. The van der Waals surface area contributed by atoms with Crippen molar-refractivity contribution >= 4 is 0 Å². The molecule has 0 bridgehead atoms. The summed E-state index contributed by atoms with van der Waals surface area (Å²) in [6.07, 6.45) is 0.884. The lowest BCUT2D eigenvalue weighted by Crippen LogP contribution is -2.39. The van der Waals surface area contributed by atoms with E-state index in [4.69, 9.17) is 11.3 Å². The maximum absolute atomic E-state index is 7.05. The third-order valence-electron chi connectivity index (χ3n) is 2.21. The summed E-state index contributed by atoms with van der Waals surface area (Å²) in [6.45, 7) is 13.7. The highest BCUT2D eigenvalue weighted by Gasteiger charge is 2.26. The molecule has 3 heteroatoms. The molecule has 0 aromatic carbocycles. The summed E-state index contributed by atoms with van der Waals surface area (Å²) in [4.78, 5) is 5.81. The second kappa shape index (κ2) is 4.44. The van der Waals surface area contributed by atoms with Crippen LogP contribution in [0.3, 0.4) is 0 Å². The van der Waals surface area contributed by atoms with E-state index in [1.54, 1.807) is 0 Å². The first kappa shape index (κ1) is 9.50. The molecule has 0 radical (unpaired) electrons. The van der Waals surface area contributed by atoms with E-state index in [2.05, 4.69) is 23.6 Å². The van der Waals surface area contributed by atoms with Gasteiger partial charge in [0.25, 0.3) is 6.17 Å². The lowest BCUT2D eigenvalue weighted by Gasteiger charge is -2.24. The number of hydrogen-bond acceptors (Lipinski definition) is 2. The van der Waals surface area contributed by atoms with Crippen LogP contribution in [0.25, 0.3) is 4.85 Å². The normalized spacial score (nSPS) is 26.7. The molecule has 0 aromatic rings. The zero-order chi connectivity index (χ0) is 8.97. The van der Waals surface area contributed by atoms with Crippen molar-refractivity contribution in [3.8, 4) is 0 Å². The highest BCUT2D eigenvalue weighted by molar-refractivity contribution is 4.83. The minimum absolute atomic E-state index is 0.0347. The Morgan fingerprint density at radius 1 is 1.50 bits per heavy atom. The van der Waals surface area contributed by atoms with Crippen LogP contribution in [0.1, 0.15) is 20.3 Å². The fourth-order valence-electron chi connectivity index (χ4n) is 1.52. The lowest BCUT2D eigenvalue weighted by atomic mass is 10.2. The minimum Gasteiger partial charge on any atom is -0.380 e. The molecule has 1 aliphatic rings. The van der Waals surface area contributed by atoms with Crippen molar-refractivity contribution in [3.05, 3.63) is 11.4 Å². The van der Waals surface area contributed by atoms with Crippen LogP contribution in [0.2, 0.25) is 0 Å². The van der Waals surface area contributed by atoms with Gasteiger partial charge in [-0.3, -0.25) is 4.85 Å². The van der Waals surface area contributed by atoms with Gasteiger partial charge in [-0.1, -0.05) is 0 Å². The minimum atomic E-state index is 0.0347. The molecule has 0 saturated carbocycles. The van der Waals surface area contributed by atoms with Gasteiger partial charge in [0.1, 0.15) is 0 Å². The van der Waals surface area contributed by atoms with Gasteiger partial charge in [-0.25, -0.2) is 11.5 Å². The Kier molecular flexibility index (Phi) is 3.51. The first-order chi connectivity index (χ1) is 5.75. The van der Waals surface area contributed by atoms with Crippen molar-refractivity contribution in [2.24, 2.45) is 0 Å². The standard InChI is InChI=1S/C9H16N2O/c1-8(2)11-5-7-12-6-4-9(11)10-3/h8-9H,4-7H2,1-2H3. The summed E-state index contributed by atoms with van der Waals surface area (Å²) in [6, 6.07) is 0.450. The van der Waals surface area contributed by atoms with Gasteiger partial charge in [0.15, 0.2) is 0 Å². The van der Waals surface area contributed by atoms with Crippen molar-refractivity contribution in [3.63, 3.8) is 0 Å². The van der Waals surface area contributed by atoms with Crippen molar-refractivity contribution < 1.29 is 4.74 Å². The third kappa shape index (κ3) is 2.20.